The number of nitrogens with two attached hydrogens (primary N) is 1. The first-order chi connectivity index (χ1) is 12.3. The molecule has 1 unspecified atom stereocenters. The largest absolute Gasteiger partial charge is 0.352 e. The summed E-state index contributed by atoms with van der Waals surface area (Å²) in [5.41, 5.74) is 1.45. The van der Waals surface area contributed by atoms with E-state index in [0.29, 0.717) is 12.1 Å². The minimum atomic E-state index is -3.74. The summed E-state index contributed by atoms with van der Waals surface area (Å²) in [4.78, 5) is 12.6. The second kappa shape index (κ2) is 7.53. The number of carbonyl (C=O) groups excluding carboxylic acids is 1. The van der Waals surface area contributed by atoms with Crippen LogP contribution in [0.4, 0.5) is 4.39 Å². The van der Waals surface area contributed by atoms with Crippen LogP contribution in [0.5, 0.6) is 0 Å². The van der Waals surface area contributed by atoms with Gasteiger partial charge in [0.25, 0.3) is 0 Å². The number of hydrogen-bond acceptors (Lipinski definition) is 4. The van der Waals surface area contributed by atoms with Crippen molar-refractivity contribution in [2.75, 3.05) is 0 Å². The molecule has 1 fully saturated rings. The van der Waals surface area contributed by atoms with Gasteiger partial charge in [0.05, 0.1) is 4.90 Å². The van der Waals surface area contributed by atoms with E-state index >= 15 is 0 Å². The van der Waals surface area contributed by atoms with Crippen molar-refractivity contribution in [1.29, 1.82) is 0 Å². The van der Waals surface area contributed by atoms with E-state index in [-0.39, 0.29) is 22.7 Å². The van der Waals surface area contributed by atoms with Crippen molar-refractivity contribution >= 4 is 15.9 Å². The van der Waals surface area contributed by atoms with E-state index in [0.717, 1.165) is 18.4 Å². The molecular formula is C18H20FN3O3S. The zero-order valence-electron chi connectivity index (χ0n) is 14.0. The average Bonchev–Trinajstić information content (AvgIpc) is 3.40. The number of carbonyl (C=O) groups is 1. The minimum absolute atomic E-state index is 0.0304. The number of amides is 1. The molecule has 0 saturated heterocycles. The Balaban J connectivity index is 1.72. The predicted octanol–water partition coefficient (Wildman–Crippen LogP) is 1.58. The van der Waals surface area contributed by atoms with Gasteiger partial charge in [-0.2, -0.15) is 0 Å². The molecule has 4 N–H and O–H groups in total. The fourth-order valence-electron chi connectivity index (χ4n) is 2.55. The highest BCUT2D eigenvalue weighted by molar-refractivity contribution is 7.89. The molecule has 1 aliphatic carbocycles. The van der Waals surface area contributed by atoms with Crippen LogP contribution in [0.1, 0.15) is 30.0 Å². The smallest absolute Gasteiger partial charge is 0.241 e. The zero-order chi connectivity index (χ0) is 18.7. The Kier molecular flexibility index (Phi) is 5.36. The summed E-state index contributed by atoms with van der Waals surface area (Å²) >= 11 is 0. The summed E-state index contributed by atoms with van der Waals surface area (Å²) < 4.78 is 35.8. The number of rotatable bonds is 7. The molecule has 138 valence electrons. The van der Waals surface area contributed by atoms with Crippen LogP contribution in [-0.2, 0) is 21.4 Å². The summed E-state index contributed by atoms with van der Waals surface area (Å²) in [5.74, 6) is -0.533. The fourth-order valence-corrected chi connectivity index (χ4v) is 3.06. The van der Waals surface area contributed by atoms with Gasteiger partial charge in [0.2, 0.25) is 15.9 Å². The lowest BCUT2D eigenvalue weighted by Gasteiger charge is -2.19. The highest BCUT2D eigenvalue weighted by Gasteiger charge is 2.28. The van der Waals surface area contributed by atoms with E-state index in [9.17, 15) is 17.6 Å². The van der Waals surface area contributed by atoms with Crippen LogP contribution >= 0.6 is 0 Å². The van der Waals surface area contributed by atoms with E-state index in [1.165, 1.54) is 24.3 Å². The van der Waals surface area contributed by atoms with Crippen molar-refractivity contribution in [3.8, 4) is 0 Å². The molecule has 8 heteroatoms. The lowest BCUT2D eigenvalue weighted by molar-refractivity contribution is -0.123. The SMILES string of the molecule is NS(=O)(=O)c1ccc(CNC(C(=O)NC2CC2)c2ccc(F)cc2)cc1. The number of primary sulfonamides is 1. The van der Waals surface area contributed by atoms with Gasteiger partial charge in [-0.05, 0) is 48.2 Å². The van der Waals surface area contributed by atoms with E-state index in [1.54, 1.807) is 24.3 Å². The van der Waals surface area contributed by atoms with Crippen LogP contribution in [-0.4, -0.2) is 20.4 Å². The maximum Gasteiger partial charge on any atom is 0.241 e. The topological polar surface area (TPSA) is 101 Å². The molecule has 2 aromatic rings. The van der Waals surface area contributed by atoms with Gasteiger partial charge in [0.1, 0.15) is 11.9 Å². The molecule has 0 bridgehead atoms. The van der Waals surface area contributed by atoms with Gasteiger partial charge >= 0.3 is 0 Å². The van der Waals surface area contributed by atoms with E-state index in [1.807, 2.05) is 0 Å². The number of benzene rings is 2. The molecule has 1 amide bonds. The number of nitrogens with one attached hydrogen (secondary N) is 2. The van der Waals surface area contributed by atoms with Gasteiger partial charge < -0.3 is 5.32 Å². The van der Waals surface area contributed by atoms with Crippen LogP contribution in [0.25, 0.3) is 0 Å². The van der Waals surface area contributed by atoms with Crippen LogP contribution in [0.3, 0.4) is 0 Å². The molecule has 0 spiro atoms. The van der Waals surface area contributed by atoms with Crippen LogP contribution in [0.2, 0.25) is 0 Å². The monoisotopic (exact) mass is 377 g/mol. The summed E-state index contributed by atoms with van der Waals surface area (Å²) in [5, 5.41) is 11.2. The lowest BCUT2D eigenvalue weighted by atomic mass is 10.1. The van der Waals surface area contributed by atoms with Crippen molar-refractivity contribution < 1.29 is 17.6 Å². The molecule has 1 atom stereocenters. The first kappa shape index (κ1) is 18.5. The van der Waals surface area contributed by atoms with E-state index in [2.05, 4.69) is 10.6 Å². The summed E-state index contributed by atoms with van der Waals surface area (Å²) in [6.07, 6.45) is 1.94. The van der Waals surface area contributed by atoms with Gasteiger partial charge in [-0.15, -0.1) is 0 Å². The molecule has 0 radical (unpaired) electrons. The van der Waals surface area contributed by atoms with Gasteiger partial charge in [0.15, 0.2) is 0 Å². The van der Waals surface area contributed by atoms with Crippen LogP contribution in [0, 0.1) is 5.82 Å². The average molecular weight is 377 g/mol. The Bertz CT molecular complexity index is 879. The molecular weight excluding hydrogens is 357 g/mol. The highest BCUT2D eigenvalue weighted by atomic mass is 32.2. The van der Waals surface area contributed by atoms with Gasteiger partial charge in [-0.1, -0.05) is 24.3 Å². The molecule has 1 aliphatic rings. The standard InChI is InChI=1S/C18H20FN3O3S/c19-14-5-3-13(4-6-14)17(18(23)22-15-7-8-15)21-11-12-1-9-16(10-2-12)26(20,24)25/h1-6,9-10,15,17,21H,7-8,11H2,(H,22,23)(H2,20,24,25). The maximum atomic E-state index is 13.2. The number of sulfonamides is 1. The van der Waals surface area contributed by atoms with Crippen LogP contribution in [0.15, 0.2) is 53.4 Å². The third-order valence-corrected chi connectivity index (χ3v) is 5.08. The summed E-state index contributed by atoms with van der Waals surface area (Å²) in [7, 11) is -3.74. The molecule has 3 rings (SSSR count). The van der Waals surface area contributed by atoms with Crippen molar-refractivity contribution in [2.45, 2.75) is 36.4 Å². The Morgan fingerprint density at radius 3 is 2.27 bits per heavy atom. The Hall–Kier alpha value is -2.29. The Labute approximate surface area is 151 Å². The van der Waals surface area contributed by atoms with Crippen molar-refractivity contribution in [2.24, 2.45) is 5.14 Å². The summed E-state index contributed by atoms with van der Waals surface area (Å²) in [6.45, 7) is 0.338. The maximum absolute atomic E-state index is 13.2. The van der Waals surface area contributed by atoms with E-state index in [4.69, 9.17) is 5.14 Å². The molecule has 26 heavy (non-hydrogen) atoms. The third-order valence-electron chi connectivity index (χ3n) is 4.15. The molecule has 6 nitrogen and oxygen atoms in total. The van der Waals surface area contributed by atoms with Gasteiger partial charge in [0, 0.05) is 12.6 Å². The van der Waals surface area contributed by atoms with Gasteiger partial charge in [-0.3, -0.25) is 10.1 Å². The van der Waals surface area contributed by atoms with Crippen molar-refractivity contribution in [1.82, 2.24) is 10.6 Å². The van der Waals surface area contributed by atoms with Crippen molar-refractivity contribution in [3.05, 3.63) is 65.5 Å². The van der Waals surface area contributed by atoms with Crippen LogP contribution < -0.4 is 15.8 Å². The summed E-state index contributed by atoms with van der Waals surface area (Å²) in [6, 6.07) is 11.5. The third kappa shape index (κ3) is 4.87. The van der Waals surface area contributed by atoms with E-state index < -0.39 is 16.1 Å². The Morgan fingerprint density at radius 1 is 1.12 bits per heavy atom. The lowest BCUT2D eigenvalue weighted by Crippen LogP contribution is -2.38. The first-order valence-corrected chi connectivity index (χ1v) is 9.78. The second-order valence-corrected chi connectivity index (χ2v) is 7.90. The Morgan fingerprint density at radius 2 is 1.73 bits per heavy atom. The molecule has 2 aromatic carbocycles. The minimum Gasteiger partial charge on any atom is -0.352 e. The quantitative estimate of drug-likeness (QED) is 0.682. The highest BCUT2D eigenvalue weighted by Crippen LogP contribution is 2.22. The second-order valence-electron chi connectivity index (χ2n) is 6.34. The molecule has 0 heterocycles. The number of hydrogen-bond donors (Lipinski definition) is 3. The molecule has 1 saturated carbocycles. The molecule has 0 aromatic heterocycles. The predicted molar refractivity (Wildman–Crippen MR) is 95.0 cm³/mol. The first-order valence-electron chi connectivity index (χ1n) is 8.24. The zero-order valence-corrected chi connectivity index (χ0v) is 14.8. The normalized spacial score (nSPS) is 15.5. The molecule has 0 aliphatic heterocycles. The van der Waals surface area contributed by atoms with Crippen molar-refractivity contribution in [3.63, 3.8) is 0 Å². The number of halogens is 1. The van der Waals surface area contributed by atoms with Gasteiger partial charge in [-0.25, -0.2) is 17.9 Å². The fraction of sp³-hybridized carbons (Fsp3) is 0.278.